The Morgan fingerprint density at radius 2 is 1.12 bits per heavy atom. The van der Waals surface area contributed by atoms with Gasteiger partial charge in [0.25, 0.3) is 0 Å². The van der Waals surface area contributed by atoms with E-state index in [0.29, 0.717) is 0 Å². The molecule has 0 aliphatic rings. The molecule has 4 N–H and O–H groups in total. The van der Waals surface area contributed by atoms with Crippen LogP contribution in [0.4, 0.5) is 0 Å². The fourth-order valence-corrected chi connectivity index (χ4v) is 2.24. The molecular weight excluding hydrogens is 277 g/mol. The van der Waals surface area contributed by atoms with Gasteiger partial charge in [0.15, 0.2) is 0 Å². The zero-order chi connectivity index (χ0) is 12.1. The third kappa shape index (κ3) is 18.7. The molecule has 0 spiro atoms. The third-order valence-electron chi connectivity index (χ3n) is 2.98. The van der Waals surface area contributed by atoms with Crippen LogP contribution in [0, 0.1) is 0 Å². The first-order valence-electron chi connectivity index (χ1n) is 6.97. The maximum atomic E-state index is 10.6. The Kier molecular flexibility index (Phi) is 18.5. The van der Waals surface area contributed by atoms with Gasteiger partial charge in [0, 0.05) is 0 Å². The van der Waals surface area contributed by atoms with Crippen LogP contribution in [0.25, 0.3) is 0 Å². The Hall–Kier alpha value is 0.149. The second kappa shape index (κ2) is 16.1. The zero-order valence-electron chi connectivity index (χ0n) is 11.8. The topological polar surface area (TPSA) is 53.6 Å². The zero-order valence-corrected chi connectivity index (χ0v) is 13.5. The molecule has 0 aromatic rings. The van der Waals surface area contributed by atoms with E-state index in [4.69, 9.17) is 0 Å². The molecule has 0 saturated carbocycles. The first-order valence-corrected chi connectivity index (χ1v) is 7.83. The summed E-state index contributed by atoms with van der Waals surface area (Å²) in [5, 5.41) is 0. The van der Waals surface area contributed by atoms with Gasteiger partial charge in [-0.2, -0.15) is 0 Å². The summed E-state index contributed by atoms with van der Waals surface area (Å²) in [6.07, 6.45) is 15.5. The summed E-state index contributed by atoms with van der Waals surface area (Å²) in [6, 6.07) is 0. The van der Waals surface area contributed by atoms with Gasteiger partial charge < -0.3 is 6.15 Å². The summed E-state index contributed by atoms with van der Waals surface area (Å²) in [5.41, 5.74) is 0. The smallest absolute Gasteiger partial charge is 0.369 e. The Morgan fingerprint density at radius 3 is 1.47 bits per heavy atom. The standard InChI is InChI=1S/C14H28OSe.H3N/c1-2-3-4-5-6-7-8-9-10-11-12-13-14(15)16;/h2-13H2,1H3,(H,15,16);1H3. The van der Waals surface area contributed by atoms with Crippen LogP contribution in [-0.4, -0.2) is 20.7 Å². The summed E-state index contributed by atoms with van der Waals surface area (Å²) in [4.78, 5) is 10.6. The van der Waals surface area contributed by atoms with Crippen molar-refractivity contribution < 1.29 is 4.79 Å². The van der Waals surface area contributed by atoms with E-state index in [9.17, 15) is 4.79 Å². The molecule has 104 valence electrons. The molecule has 0 radical (unpaired) electrons. The average Bonchev–Trinajstić information content (AvgIpc) is 2.25. The van der Waals surface area contributed by atoms with E-state index in [1.807, 2.05) is 0 Å². The van der Waals surface area contributed by atoms with Crippen molar-refractivity contribution in [2.75, 3.05) is 0 Å². The van der Waals surface area contributed by atoms with Crippen molar-refractivity contribution in [2.45, 2.75) is 84.0 Å². The molecule has 0 aliphatic carbocycles. The Balaban J connectivity index is 0. The predicted octanol–water partition coefficient (Wildman–Crippen LogP) is 4.76. The summed E-state index contributed by atoms with van der Waals surface area (Å²) in [5.74, 6) is 0. The number of hydrogen-bond donors (Lipinski definition) is 1. The minimum Gasteiger partial charge on any atom is -0.369 e. The van der Waals surface area contributed by atoms with E-state index in [2.05, 4.69) is 22.9 Å². The van der Waals surface area contributed by atoms with Crippen LogP contribution in [0.1, 0.15) is 84.0 Å². The minimum atomic E-state index is 0. The van der Waals surface area contributed by atoms with Crippen molar-refractivity contribution in [1.82, 2.24) is 6.15 Å². The molecule has 0 aromatic heterocycles. The van der Waals surface area contributed by atoms with Gasteiger partial charge in [0.2, 0.25) is 0 Å². The van der Waals surface area contributed by atoms with Crippen LogP contribution in [0.5, 0.6) is 0 Å². The number of rotatable bonds is 12. The van der Waals surface area contributed by atoms with Gasteiger partial charge in [-0.05, 0) is 0 Å². The fourth-order valence-electron chi connectivity index (χ4n) is 1.93. The van der Waals surface area contributed by atoms with E-state index in [-0.39, 0.29) is 10.8 Å². The van der Waals surface area contributed by atoms with Gasteiger partial charge >= 0.3 is 96.1 Å². The van der Waals surface area contributed by atoms with Crippen LogP contribution in [-0.2, 0) is 4.79 Å². The summed E-state index contributed by atoms with van der Waals surface area (Å²) < 4.78 is 0.218. The SMILES string of the molecule is CCCCCCCCCCCCCC(=O)[Se-].[NH4+]. The number of unbranched alkanes of at least 4 members (excludes halogenated alkanes) is 10. The van der Waals surface area contributed by atoms with Gasteiger partial charge in [0.1, 0.15) is 0 Å². The molecule has 3 heteroatoms. The molecule has 17 heavy (non-hydrogen) atoms. The van der Waals surface area contributed by atoms with Gasteiger partial charge in [0.05, 0.1) is 0 Å². The Morgan fingerprint density at radius 1 is 0.765 bits per heavy atom. The molecule has 0 unspecified atom stereocenters. The Labute approximate surface area is 116 Å². The molecule has 0 aromatic carbocycles. The monoisotopic (exact) mass is 309 g/mol. The maximum Gasteiger partial charge on any atom is -0.369 e. The van der Waals surface area contributed by atoms with Crippen LogP contribution in [0.3, 0.4) is 0 Å². The van der Waals surface area contributed by atoms with Crippen molar-refractivity contribution >= 4 is 20.7 Å². The van der Waals surface area contributed by atoms with Gasteiger partial charge in [-0.3, -0.25) is 0 Å². The number of carbonyl (C=O) groups is 1. The number of hydrogen-bond acceptors (Lipinski definition) is 1. The molecular formula is C14H31NOSe. The van der Waals surface area contributed by atoms with Crippen LogP contribution in [0.15, 0.2) is 0 Å². The van der Waals surface area contributed by atoms with Crippen LogP contribution >= 0.6 is 0 Å². The molecule has 0 atom stereocenters. The van der Waals surface area contributed by atoms with Crippen LogP contribution < -0.4 is 6.15 Å². The second-order valence-electron chi connectivity index (χ2n) is 4.66. The van der Waals surface area contributed by atoms with Crippen molar-refractivity contribution in [3.63, 3.8) is 0 Å². The normalized spacial score (nSPS) is 9.94. The predicted molar refractivity (Wildman–Crippen MR) is 77.8 cm³/mol. The quantitative estimate of drug-likeness (QED) is 0.410. The molecule has 0 rings (SSSR count). The number of carbonyl (C=O) groups excluding carboxylic acids is 1. The molecule has 0 heterocycles. The molecule has 0 aliphatic heterocycles. The van der Waals surface area contributed by atoms with E-state index in [1.54, 1.807) is 0 Å². The first kappa shape index (κ1) is 19.5. The van der Waals surface area contributed by atoms with E-state index in [0.717, 1.165) is 12.8 Å². The largest absolute Gasteiger partial charge is 0.369 e. The maximum absolute atomic E-state index is 10.6. The van der Waals surface area contributed by atoms with Crippen molar-refractivity contribution in [1.29, 1.82) is 0 Å². The second-order valence-corrected chi connectivity index (χ2v) is 5.61. The van der Waals surface area contributed by atoms with Gasteiger partial charge in [-0.25, -0.2) is 0 Å². The van der Waals surface area contributed by atoms with Gasteiger partial charge in [-0.1, -0.05) is 13.3 Å². The fraction of sp³-hybridized carbons (Fsp3) is 0.929. The summed E-state index contributed by atoms with van der Waals surface area (Å²) >= 11 is 2.54. The Bertz CT molecular complexity index is 162. The average molecular weight is 308 g/mol. The summed E-state index contributed by atoms with van der Waals surface area (Å²) in [7, 11) is 0. The first-order chi connectivity index (χ1) is 7.77. The number of quaternary nitrogens is 1. The minimum absolute atomic E-state index is 0. The van der Waals surface area contributed by atoms with Crippen molar-refractivity contribution in [3.05, 3.63) is 0 Å². The molecule has 0 fully saturated rings. The molecule has 0 amide bonds. The van der Waals surface area contributed by atoms with E-state index in [1.165, 1.54) is 64.2 Å². The molecule has 2 nitrogen and oxygen atoms in total. The van der Waals surface area contributed by atoms with E-state index >= 15 is 0 Å². The summed E-state index contributed by atoms with van der Waals surface area (Å²) in [6.45, 7) is 2.26. The van der Waals surface area contributed by atoms with Crippen molar-refractivity contribution in [2.24, 2.45) is 0 Å². The van der Waals surface area contributed by atoms with Gasteiger partial charge in [-0.15, -0.1) is 0 Å². The van der Waals surface area contributed by atoms with Crippen molar-refractivity contribution in [3.8, 4) is 0 Å². The molecule has 0 bridgehead atoms. The third-order valence-corrected chi connectivity index (χ3v) is 3.41. The van der Waals surface area contributed by atoms with E-state index < -0.39 is 0 Å². The molecule has 0 saturated heterocycles. The van der Waals surface area contributed by atoms with Crippen LogP contribution in [0.2, 0.25) is 0 Å².